The number of carbonyl (C=O) groups is 1. The van der Waals surface area contributed by atoms with Crippen LogP contribution in [0.3, 0.4) is 0 Å². The number of alkyl halides is 2. The Balaban J connectivity index is 3.20. The molecule has 0 saturated carbocycles. The van der Waals surface area contributed by atoms with Crippen LogP contribution in [0.1, 0.15) is 35.7 Å². The minimum absolute atomic E-state index is 0.0368. The van der Waals surface area contributed by atoms with Gasteiger partial charge in [0.15, 0.2) is 5.78 Å². The fraction of sp³-hybridized carbons (Fsp3) is 0.300. The summed E-state index contributed by atoms with van der Waals surface area (Å²) in [6.07, 6.45) is -2.58. The lowest BCUT2D eigenvalue weighted by atomic mass is 10.0. The molecule has 1 aromatic rings. The third kappa shape index (κ3) is 1.89. The fourth-order valence-corrected chi connectivity index (χ4v) is 1.15. The van der Waals surface area contributed by atoms with E-state index in [2.05, 4.69) is 0 Å². The third-order valence-electron chi connectivity index (χ3n) is 1.92. The van der Waals surface area contributed by atoms with E-state index in [1.54, 1.807) is 6.92 Å². The van der Waals surface area contributed by atoms with Crippen molar-refractivity contribution in [3.63, 3.8) is 0 Å². The van der Waals surface area contributed by atoms with Crippen molar-refractivity contribution in [1.82, 2.24) is 0 Å². The molecule has 0 saturated heterocycles. The largest absolute Gasteiger partial charge is 0.507 e. The maximum atomic E-state index is 12.3. The van der Waals surface area contributed by atoms with Gasteiger partial charge in [0.2, 0.25) is 0 Å². The first-order valence-electron chi connectivity index (χ1n) is 4.21. The highest BCUT2D eigenvalue weighted by molar-refractivity contribution is 5.98. The first-order valence-corrected chi connectivity index (χ1v) is 4.21. The summed E-state index contributed by atoms with van der Waals surface area (Å²) < 4.78 is 24.6. The quantitative estimate of drug-likeness (QED) is 0.761. The molecule has 14 heavy (non-hydrogen) atoms. The van der Waals surface area contributed by atoms with Crippen molar-refractivity contribution < 1.29 is 18.7 Å². The van der Waals surface area contributed by atoms with Gasteiger partial charge in [-0.2, -0.15) is 0 Å². The van der Waals surface area contributed by atoms with Gasteiger partial charge in [-0.1, -0.05) is 13.0 Å². The van der Waals surface area contributed by atoms with Gasteiger partial charge in [-0.25, -0.2) is 8.78 Å². The Kier molecular flexibility index (Phi) is 3.17. The van der Waals surface area contributed by atoms with E-state index in [1.165, 1.54) is 12.1 Å². The maximum absolute atomic E-state index is 12.3. The zero-order chi connectivity index (χ0) is 10.7. The van der Waals surface area contributed by atoms with E-state index in [-0.39, 0.29) is 17.8 Å². The van der Waals surface area contributed by atoms with Gasteiger partial charge >= 0.3 is 0 Å². The van der Waals surface area contributed by atoms with Crippen LogP contribution in [-0.4, -0.2) is 10.9 Å². The molecule has 0 aliphatic heterocycles. The summed E-state index contributed by atoms with van der Waals surface area (Å²) in [5.74, 6) is -0.945. The molecule has 0 heterocycles. The highest BCUT2D eigenvalue weighted by Gasteiger charge is 2.17. The summed E-state index contributed by atoms with van der Waals surface area (Å²) in [6, 6.07) is 3.78. The van der Waals surface area contributed by atoms with E-state index in [4.69, 9.17) is 0 Å². The number of hydrogen-bond donors (Lipinski definition) is 1. The average molecular weight is 200 g/mol. The minimum atomic E-state index is -2.76. The van der Waals surface area contributed by atoms with E-state index in [9.17, 15) is 18.7 Å². The molecule has 0 radical (unpaired) electrons. The van der Waals surface area contributed by atoms with Gasteiger partial charge in [0, 0.05) is 6.42 Å². The zero-order valence-corrected chi connectivity index (χ0v) is 7.63. The molecule has 0 aliphatic rings. The van der Waals surface area contributed by atoms with Crippen LogP contribution in [0.4, 0.5) is 8.78 Å². The predicted molar refractivity (Wildman–Crippen MR) is 47.7 cm³/mol. The van der Waals surface area contributed by atoms with Crippen molar-refractivity contribution in [3.8, 4) is 5.75 Å². The van der Waals surface area contributed by atoms with Crippen molar-refractivity contribution in [2.45, 2.75) is 19.8 Å². The monoisotopic (exact) mass is 200 g/mol. The Bertz CT molecular complexity index is 348. The van der Waals surface area contributed by atoms with E-state index in [0.29, 0.717) is 0 Å². The second-order valence-electron chi connectivity index (χ2n) is 2.82. The molecule has 2 nitrogen and oxygen atoms in total. The molecule has 0 fully saturated rings. The van der Waals surface area contributed by atoms with Gasteiger partial charge in [0.25, 0.3) is 6.43 Å². The van der Waals surface area contributed by atoms with Gasteiger partial charge < -0.3 is 5.11 Å². The topological polar surface area (TPSA) is 37.3 Å². The molecule has 0 spiro atoms. The van der Waals surface area contributed by atoms with E-state index in [1.807, 2.05) is 0 Å². The Morgan fingerprint density at radius 2 is 2.14 bits per heavy atom. The number of benzene rings is 1. The zero-order valence-electron chi connectivity index (χ0n) is 7.63. The van der Waals surface area contributed by atoms with Crippen LogP contribution in [0.25, 0.3) is 0 Å². The van der Waals surface area contributed by atoms with Crippen molar-refractivity contribution in [1.29, 1.82) is 0 Å². The molecular formula is C10H10F2O2. The number of hydrogen-bond acceptors (Lipinski definition) is 2. The number of carbonyl (C=O) groups excluding carboxylic acids is 1. The summed E-state index contributed by atoms with van der Waals surface area (Å²) in [6.45, 7) is 1.61. The second-order valence-corrected chi connectivity index (χ2v) is 2.82. The number of halogens is 2. The Morgan fingerprint density at radius 1 is 1.50 bits per heavy atom. The molecule has 0 atom stereocenters. The molecule has 1 N–H and O–H groups in total. The number of aromatic hydroxyl groups is 1. The van der Waals surface area contributed by atoms with Gasteiger partial charge in [0.1, 0.15) is 5.75 Å². The Morgan fingerprint density at radius 3 is 2.64 bits per heavy atom. The SMILES string of the molecule is CCC(=O)c1cccc(C(F)F)c1O. The van der Waals surface area contributed by atoms with Crippen LogP contribution in [0, 0.1) is 0 Å². The maximum Gasteiger partial charge on any atom is 0.267 e. The van der Waals surface area contributed by atoms with Gasteiger partial charge in [-0.15, -0.1) is 0 Å². The van der Waals surface area contributed by atoms with Gasteiger partial charge in [-0.3, -0.25) is 4.79 Å². The normalized spacial score (nSPS) is 10.6. The number of ketones is 1. The number of phenols is 1. The van der Waals surface area contributed by atoms with Gasteiger partial charge in [-0.05, 0) is 12.1 Å². The number of para-hydroxylation sites is 1. The van der Waals surface area contributed by atoms with Crippen LogP contribution in [0.5, 0.6) is 5.75 Å². The molecule has 0 aromatic heterocycles. The van der Waals surface area contributed by atoms with Crippen LogP contribution < -0.4 is 0 Å². The predicted octanol–water partition coefficient (Wildman–Crippen LogP) is 2.92. The summed E-state index contributed by atoms with van der Waals surface area (Å²) in [4.78, 5) is 11.2. The summed E-state index contributed by atoms with van der Waals surface area (Å²) in [5, 5.41) is 9.36. The van der Waals surface area contributed by atoms with Crippen molar-refractivity contribution >= 4 is 5.78 Å². The highest BCUT2D eigenvalue weighted by Crippen LogP contribution is 2.31. The minimum Gasteiger partial charge on any atom is -0.507 e. The Hall–Kier alpha value is -1.45. The van der Waals surface area contributed by atoms with E-state index >= 15 is 0 Å². The molecule has 0 aliphatic carbocycles. The average Bonchev–Trinajstić information content (AvgIpc) is 2.16. The number of rotatable bonds is 3. The second kappa shape index (κ2) is 4.17. The van der Waals surface area contributed by atoms with Crippen molar-refractivity contribution in [2.75, 3.05) is 0 Å². The van der Waals surface area contributed by atoms with Crippen LogP contribution in [0.15, 0.2) is 18.2 Å². The van der Waals surface area contributed by atoms with Crippen LogP contribution in [0.2, 0.25) is 0 Å². The highest BCUT2D eigenvalue weighted by atomic mass is 19.3. The molecule has 0 unspecified atom stereocenters. The van der Waals surface area contributed by atoms with Crippen molar-refractivity contribution in [2.24, 2.45) is 0 Å². The molecule has 0 bridgehead atoms. The Labute approximate surface area is 80.2 Å². The smallest absolute Gasteiger partial charge is 0.267 e. The molecule has 4 heteroatoms. The lowest BCUT2D eigenvalue weighted by molar-refractivity contribution is 0.0984. The van der Waals surface area contributed by atoms with Crippen LogP contribution >= 0.6 is 0 Å². The molecule has 0 amide bonds. The third-order valence-corrected chi connectivity index (χ3v) is 1.92. The van der Waals surface area contributed by atoms with Crippen LogP contribution in [-0.2, 0) is 0 Å². The molecule has 1 aromatic carbocycles. The summed E-state index contributed by atoms with van der Waals surface area (Å²) >= 11 is 0. The summed E-state index contributed by atoms with van der Waals surface area (Å²) in [7, 11) is 0. The molecule has 76 valence electrons. The lowest BCUT2D eigenvalue weighted by Crippen LogP contribution is -1.99. The lowest BCUT2D eigenvalue weighted by Gasteiger charge is -2.06. The standard InChI is InChI=1S/C10H10F2O2/c1-2-8(13)6-4-3-5-7(9(6)14)10(11)12/h3-5,10,14H,2H2,1H3. The summed E-state index contributed by atoms with van der Waals surface area (Å²) in [5.41, 5.74) is -0.533. The molecular weight excluding hydrogens is 190 g/mol. The molecule has 1 rings (SSSR count). The fourth-order valence-electron chi connectivity index (χ4n) is 1.15. The first kappa shape index (κ1) is 10.6. The van der Waals surface area contributed by atoms with Crippen molar-refractivity contribution in [3.05, 3.63) is 29.3 Å². The van der Waals surface area contributed by atoms with Gasteiger partial charge in [0.05, 0.1) is 11.1 Å². The van der Waals surface area contributed by atoms with E-state index < -0.39 is 17.7 Å². The van der Waals surface area contributed by atoms with E-state index in [0.717, 1.165) is 6.07 Å². The first-order chi connectivity index (χ1) is 6.57. The number of phenolic OH excluding ortho intramolecular Hbond substituents is 1. The number of Topliss-reactive ketones (excluding diaryl/α,β-unsaturated/α-hetero) is 1.